The average molecular weight is 451 g/mol. The molecule has 0 N–H and O–H groups in total. The van der Waals surface area contributed by atoms with Crippen LogP contribution in [0.25, 0.3) is 0 Å². The van der Waals surface area contributed by atoms with Crippen molar-refractivity contribution < 1.29 is 4.74 Å². The van der Waals surface area contributed by atoms with Crippen molar-refractivity contribution in [3.8, 4) is 6.07 Å². The third-order valence-electron chi connectivity index (χ3n) is 6.41. The summed E-state index contributed by atoms with van der Waals surface area (Å²) >= 11 is 1.72. The Hall–Kier alpha value is -2.07. The van der Waals surface area contributed by atoms with Crippen molar-refractivity contribution in [1.82, 2.24) is 9.88 Å². The Morgan fingerprint density at radius 3 is 2.81 bits per heavy atom. The van der Waals surface area contributed by atoms with E-state index in [1.807, 2.05) is 0 Å². The molecule has 1 fully saturated rings. The van der Waals surface area contributed by atoms with Gasteiger partial charge < -0.3 is 14.5 Å². The second-order valence-electron chi connectivity index (χ2n) is 9.64. The lowest BCUT2D eigenvalue weighted by atomic mass is 9.89. The number of likely N-dealkylation sites (N-methyl/N-ethyl adjacent to an activating group) is 1. The molecule has 2 aromatic rings. The van der Waals surface area contributed by atoms with Crippen LogP contribution in [-0.2, 0) is 24.2 Å². The fraction of sp³-hybridized carbons (Fsp3) is 0.538. The van der Waals surface area contributed by atoms with Crippen molar-refractivity contribution >= 4 is 17.6 Å². The van der Waals surface area contributed by atoms with Crippen LogP contribution in [0, 0.1) is 18.3 Å². The number of nitrogens with zero attached hydrogens (tertiary/aromatic N) is 4. The molecule has 4 rings (SSSR count). The van der Waals surface area contributed by atoms with Gasteiger partial charge in [0.1, 0.15) is 16.9 Å². The molecule has 170 valence electrons. The van der Waals surface area contributed by atoms with Gasteiger partial charge in [-0.1, -0.05) is 29.8 Å². The molecule has 2 aliphatic heterocycles. The molecule has 3 heterocycles. The number of benzene rings is 1. The molecule has 5 nitrogen and oxygen atoms in total. The zero-order chi connectivity index (χ0) is 22.7. The Morgan fingerprint density at radius 1 is 1.19 bits per heavy atom. The molecule has 0 spiro atoms. The van der Waals surface area contributed by atoms with Crippen molar-refractivity contribution in [2.24, 2.45) is 0 Å². The number of rotatable bonds is 5. The maximum atomic E-state index is 10.1. The fourth-order valence-electron chi connectivity index (χ4n) is 4.60. The first-order chi connectivity index (χ1) is 15.4. The molecular weight excluding hydrogens is 416 g/mol. The topological polar surface area (TPSA) is 52.4 Å². The van der Waals surface area contributed by atoms with Crippen LogP contribution in [0.4, 0.5) is 5.82 Å². The van der Waals surface area contributed by atoms with Crippen LogP contribution in [0.15, 0.2) is 29.3 Å². The highest BCUT2D eigenvalue weighted by Gasteiger charge is 2.33. The number of anilines is 1. The van der Waals surface area contributed by atoms with Crippen molar-refractivity contribution in [3.63, 3.8) is 0 Å². The van der Waals surface area contributed by atoms with E-state index < -0.39 is 0 Å². The third kappa shape index (κ3) is 5.28. The molecule has 1 aromatic carbocycles. The lowest BCUT2D eigenvalue weighted by Crippen LogP contribution is -2.36. The van der Waals surface area contributed by atoms with Gasteiger partial charge in [0.2, 0.25) is 0 Å². The molecular formula is C26H34N4OS. The van der Waals surface area contributed by atoms with E-state index in [-0.39, 0.29) is 5.60 Å². The maximum absolute atomic E-state index is 10.1. The van der Waals surface area contributed by atoms with Crippen LogP contribution in [0.1, 0.15) is 48.1 Å². The molecule has 0 atom stereocenters. The Kier molecular flexibility index (Phi) is 7.09. The summed E-state index contributed by atoms with van der Waals surface area (Å²) in [6.45, 7) is 11.0. The number of hydrogen-bond acceptors (Lipinski definition) is 6. The number of fused-ring (bicyclic) bond motifs is 1. The largest absolute Gasteiger partial charge is 0.370 e. The predicted octanol–water partition coefficient (Wildman–Crippen LogP) is 4.59. The average Bonchev–Trinajstić information content (AvgIpc) is 2.97. The zero-order valence-corrected chi connectivity index (χ0v) is 20.6. The lowest BCUT2D eigenvalue weighted by Gasteiger charge is -2.35. The number of nitriles is 1. The Morgan fingerprint density at radius 2 is 2.03 bits per heavy atom. The second-order valence-corrected chi connectivity index (χ2v) is 10.7. The molecule has 0 bridgehead atoms. The number of aromatic nitrogens is 1. The van der Waals surface area contributed by atoms with Crippen LogP contribution in [0.2, 0.25) is 0 Å². The van der Waals surface area contributed by atoms with Gasteiger partial charge in [0, 0.05) is 37.4 Å². The molecule has 0 amide bonds. The summed E-state index contributed by atoms with van der Waals surface area (Å²) in [5, 5.41) is 11.0. The smallest absolute Gasteiger partial charge is 0.135 e. The van der Waals surface area contributed by atoms with Gasteiger partial charge in [0.25, 0.3) is 0 Å². The van der Waals surface area contributed by atoms with Gasteiger partial charge in [-0.05, 0) is 58.3 Å². The summed E-state index contributed by atoms with van der Waals surface area (Å²) < 4.78 is 6.17. The van der Waals surface area contributed by atoms with Crippen LogP contribution in [0.5, 0.6) is 0 Å². The van der Waals surface area contributed by atoms with E-state index in [4.69, 9.17) is 9.72 Å². The Bertz CT molecular complexity index is 1010. The van der Waals surface area contributed by atoms with E-state index in [9.17, 15) is 5.26 Å². The van der Waals surface area contributed by atoms with Gasteiger partial charge >= 0.3 is 0 Å². The molecule has 0 aliphatic carbocycles. The van der Waals surface area contributed by atoms with Crippen LogP contribution >= 0.6 is 11.8 Å². The van der Waals surface area contributed by atoms with Crippen molar-refractivity contribution in [2.75, 3.05) is 43.9 Å². The highest BCUT2D eigenvalue weighted by Crippen LogP contribution is 2.39. The monoisotopic (exact) mass is 450 g/mol. The molecule has 0 saturated carbocycles. The molecule has 6 heteroatoms. The minimum atomic E-state index is -0.264. The summed E-state index contributed by atoms with van der Waals surface area (Å²) in [5.41, 5.74) is 5.37. The summed E-state index contributed by atoms with van der Waals surface area (Å²) in [6, 6.07) is 11.2. The SMILES string of the molecule is Cc1cccc(CCSc2nc(N3CCCN(C)CC3)c3c(c2C#N)CC(C)(C)OC3)c1. The number of aryl methyl sites for hydroxylation is 2. The van der Waals surface area contributed by atoms with Crippen molar-refractivity contribution in [3.05, 3.63) is 52.1 Å². The summed E-state index contributed by atoms with van der Waals surface area (Å²) in [5.74, 6) is 1.94. The standard InChI is InChI=1S/C26H34N4OS/c1-19-7-5-8-20(15-19)9-14-32-25-22(17-27)21-16-26(2,3)31-18-23(21)24(28-25)30-11-6-10-29(4)12-13-30/h5,7-8,15H,6,9-14,16,18H2,1-4H3. The van der Waals surface area contributed by atoms with E-state index in [1.165, 1.54) is 11.1 Å². The summed E-state index contributed by atoms with van der Waals surface area (Å²) in [4.78, 5) is 9.91. The van der Waals surface area contributed by atoms with E-state index in [1.54, 1.807) is 11.8 Å². The van der Waals surface area contributed by atoms with Gasteiger partial charge in [-0.3, -0.25) is 0 Å². The van der Waals surface area contributed by atoms with Gasteiger partial charge in [-0.2, -0.15) is 5.26 Å². The minimum Gasteiger partial charge on any atom is -0.370 e. The molecule has 0 unspecified atom stereocenters. The zero-order valence-electron chi connectivity index (χ0n) is 19.8. The van der Waals surface area contributed by atoms with Crippen LogP contribution in [-0.4, -0.2) is 54.5 Å². The van der Waals surface area contributed by atoms with Crippen molar-refractivity contribution in [2.45, 2.75) is 57.3 Å². The summed E-state index contributed by atoms with van der Waals surface area (Å²) in [7, 11) is 2.18. The quantitative estimate of drug-likeness (QED) is 0.621. The molecule has 2 aliphatic rings. The molecule has 1 aromatic heterocycles. The maximum Gasteiger partial charge on any atom is 0.135 e. The van der Waals surface area contributed by atoms with Crippen LogP contribution in [0.3, 0.4) is 0 Å². The lowest BCUT2D eigenvalue weighted by molar-refractivity contribution is -0.0402. The molecule has 32 heavy (non-hydrogen) atoms. The molecule has 0 radical (unpaired) electrons. The summed E-state index contributed by atoms with van der Waals surface area (Å²) in [6.07, 6.45) is 2.84. The van der Waals surface area contributed by atoms with E-state index >= 15 is 0 Å². The van der Waals surface area contributed by atoms with E-state index in [0.29, 0.717) is 6.61 Å². The predicted molar refractivity (Wildman–Crippen MR) is 131 cm³/mol. The number of ether oxygens (including phenoxy) is 1. The van der Waals surface area contributed by atoms with Gasteiger partial charge in [0.05, 0.1) is 17.8 Å². The third-order valence-corrected chi connectivity index (χ3v) is 7.39. The second kappa shape index (κ2) is 9.82. The number of pyridine rings is 1. The fourth-order valence-corrected chi connectivity index (χ4v) is 5.59. The van der Waals surface area contributed by atoms with E-state index in [2.05, 4.69) is 68.0 Å². The molecule has 1 saturated heterocycles. The van der Waals surface area contributed by atoms with Gasteiger partial charge in [0.15, 0.2) is 0 Å². The number of hydrogen-bond donors (Lipinski definition) is 0. The van der Waals surface area contributed by atoms with E-state index in [0.717, 1.165) is 78.7 Å². The van der Waals surface area contributed by atoms with Crippen molar-refractivity contribution in [1.29, 1.82) is 5.26 Å². The number of thioether (sulfide) groups is 1. The first-order valence-corrected chi connectivity index (χ1v) is 12.6. The van der Waals surface area contributed by atoms with Gasteiger partial charge in [-0.25, -0.2) is 4.98 Å². The Labute approximate surface area is 196 Å². The first kappa shape index (κ1) is 23.1. The highest BCUT2D eigenvalue weighted by atomic mass is 32.2. The minimum absolute atomic E-state index is 0.264. The first-order valence-electron chi connectivity index (χ1n) is 11.6. The highest BCUT2D eigenvalue weighted by molar-refractivity contribution is 7.99. The Balaban J connectivity index is 1.66. The van der Waals surface area contributed by atoms with Crippen LogP contribution < -0.4 is 4.90 Å². The van der Waals surface area contributed by atoms with Gasteiger partial charge in [-0.15, -0.1) is 11.8 Å². The normalized spacial score (nSPS) is 18.7.